The van der Waals surface area contributed by atoms with Crippen LogP contribution in [0.25, 0.3) is 0 Å². The van der Waals surface area contributed by atoms with E-state index in [9.17, 15) is 39.6 Å². The second kappa shape index (κ2) is 11.6. The summed E-state index contributed by atoms with van der Waals surface area (Å²) in [6.45, 7) is 0. The molecule has 1 amide bonds. The maximum absolute atomic E-state index is 13.3. The molecule has 4 aromatic carbocycles. The molecule has 0 radical (unpaired) electrons. The molecular formula is C32H25NO10. The van der Waals surface area contributed by atoms with Crippen LogP contribution in [0.15, 0.2) is 78.9 Å². The fourth-order valence-corrected chi connectivity index (χ4v) is 5.03. The number of phenols is 4. The number of benzene rings is 4. The molecule has 43 heavy (non-hydrogen) atoms. The SMILES string of the molecule is COC(=O)c1cccc(O)c1C(=O)c1c(O)cc(C(=O)O[C@@H]2Cc3ccccc3[C@H]2NC(=O)c2ccc(O)cc2)cc1O. The summed E-state index contributed by atoms with van der Waals surface area (Å²) >= 11 is 0. The van der Waals surface area contributed by atoms with Gasteiger partial charge >= 0.3 is 11.9 Å². The fourth-order valence-electron chi connectivity index (χ4n) is 5.03. The number of carbonyl (C=O) groups is 4. The van der Waals surface area contributed by atoms with Crippen LogP contribution in [0.1, 0.15) is 64.2 Å². The molecule has 0 unspecified atom stereocenters. The molecule has 1 aliphatic carbocycles. The van der Waals surface area contributed by atoms with Crippen molar-refractivity contribution < 1.29 is 49.1 Å². The Balaban J connectivity index is 1.41. The number of methoxy groups -OCH3 is 1. The highest BCUT2D eigenvalue weighted by molar-refractivity contribution is 6.18. The third-order valence-corrected chi connectivity index (χ3v) is 7.09. The van der Waals surface area contributed by atoms with Crippen molar-refractivity contribution in [2.24, 2.45) is 0 Å². The summed E-state index contributed by atoms with van der Waals surface area (Å²) in [7, 11) is 1.09. The van der Waals surface area contributed by atoms with Crippen molar-refractivity contribution in [1.82, 2.24) is 5.32 Å². The lowest BCUT2D eigenvalue weighted by Gasteiger charge is -2.22. The Morgan fingerprint density at radius 3 is 2.09 bits per heavy atom. The van der Waals surface area contributed by atoms with Crippen LogP contribution in [0, 0.1) is 0 Å². The Morgan fingerprint density at radius 2 is 1.42 bits per heavy atom. The molecule has 0 saturated heterocycles. The summed E-state index contributed by atoms with van der Waals surface area (Å²) in [6, 6.07) is 17.7. The summed E-state index contributed by atoms with van der Waals surface area (Å²) in [5.74, 6) is -5.62. The zero-order valence-electron chi connectivity index (χ0n) is 22.6. The maximum Gasteiger partial charge on any atom is 0.338 e. The second-order valence-corrected chi connectivity index (χ2v) is 9.75. The van der Waals surface area contributed by atoms with E-state index in [1.54, 1.807) is 12.1 Å². The number of ether oxygens (including phenoxy) is 2. The van der Waals surface area contributed by atoms with E-state index < -0.39 is 64.2 Å². The average Bonchev–Trinajstić information content (AvgIpc) is 3.32. The second-order valence-electron chi connectivity index (χ2n) is 9.75. The standard InChI is InChI=1S/C32H25NO10/c1-42-32(41)21-7-4-8-22(35)26(21)29(38)27-23(36)13-18(14-24(27)37)31(40)43-25-15-17-5-2-3-6-20(17)28(25)33-30(39)16-9-11-19(34)12-10-16/h2-14,25,28,34-37H,15H2,1H3,(H,33,39)/t25-,28-/m1/s1. The summed E-state index contributed by atoms with van der Waals surface area (Å²) < 4.78 is 10.4. The van der Waals surface area contributed by atoms with Gasteiger partial charge < -0.3 is 35.2 Å². The predicted molar refractivity (Wildman–Crippen MR) is 150 cm³/mol. The number of esters is 2. The maximum atomic E-state index is 13.3. The monoisotopic (exact) mass is 583 g/mol. The van der Waals surface area contributed by atoms with Crippen molar-refractivity contribution in [2.75, 3.05) is 7.11 Å². The molecule has 0 bridgehead atoms. The highest BCUT2D eigenvalue weighted by atomic mass is 16.5. The molecule has 0 aromatic heterocycles. The van der Waals surface area contributed by atoms with Crippen molar-refractivity contribution in [3.05, 3.63) is 118 Å². The molecule has 0 fully saturated rings. The Bertz CT molecular complexity index is 1740. The van der Waals surface area contributed by atoms with Gasteiger partial charge in [-0.2, -0.15) is 0 Å². The number of phenolic OH excluding ortho intramolecular Hbond substituents is 4. The van der Waals surface area contributed by atoms with Gasteiger partial charge in [0.1, 0.15) is 34.7 Å². The third kappa shape index (κ3) is 5.55. The molecule has 0 spiro atoms. The van der Waals surface area contributed by atoms with Crippen molar-refractivity contribution in [1.29, 1.82) is 0 Å². The fraction of sp³-hybridized carbons (Fsp3) is 0.125. The van der Waals surface area contributed by atoms with Crippen LogP contribution in [-0.2, 0) is 15.9 Å². The van der Waals surface area contributed by atoms with Gasteiger partial charge in [0.2, 0.25) is 5.78 Å². The number of rotatable bonds is 7. The first-order valence-corrected chi connectivity index (χ1v) is 13.0. The van der Waals surface area contributed by atoms with Crippen LogP contribution in [0.3, 0.4) is 0 Å². The lowest BCUT2D eigenvalue weighted by molar-refractivity contribution is 0.0229. The highest BCUT2D eigenvalue weighted by Gasteiger charge is 2.37. The first-order chi connectivity index (χ1) is 20.6. The normalized spacial score (nSPS) is 15.3. The number of carbonyl (C=O) groups excluding carboxylic acids is 4. The number of hydrogen-bond donors (Lipinski definition) is 5. The topological polar surface area (TPSA) is 180 Å². The van der Waals surface area contributed by atoms with Crippen LogP contribution in [0.5, 0.6) is 23.0 Å². The molecule has 4 aromatic rings. The Kier molecular flexibility index (Phi) is 7.72. The minimum absolute atomic E-state index is 0.00160. The zero-order valence-corrected chi connectivity index (χ0v) is 22.6. The largest absolute Gasteiger partial charge is 0.508 e. The van der Waals surface area contributed by atoms with Gasteiger partial charge in [-0.25, -0.2) is 9.59 Å². The molecule has 2 atom stereocenters. The van der Waals surface area contributed by atoms with E-state index in [0.29, 0.717) is 0 Å². The van der Waals surface area contributed by atoms with E-state index >= 15 is 0 Å². The molecule has 11 nitrogen and oxygen atoms in total. The van der Waals surface area contributed by atoms with Crippen molar-refractivity contribution in [3.63, 3.8) is 0 Å². The van der Waals surface area contributed by atoms with Crippen molar-refractivity contribution in [2.45, 2.75) is 18.6 Å². The predicted octanol–water partition coefficient (Wildman–Crippen LogP) is 3.78. The van der Waals surface area contributed by atoms with E-state index in [2.05, 4.69) is 10.1 Å². The van der Waals surface area contributed by atoms with Crippen LogP contribution in [-0.4, -0.2) is 57.3 Å². The molecule has 218 valence electrons. The van der Waals surface area contributed by atoms with Gasteiger partial charge in [0.25, 0.3) is 5.91 Å². The summed E-state index contributed by atoms with van der Waals surface area (Å²) in [6.07, 6.45) is -0.596. The van der Waals surface area contributed by atoms with Gasteiger partial charge in [-0.05, 0) is 59.7 Å². The third-order valence-electron chi connectivity index (χ3n) is 7.09. The van der Waals surface area contributed by atoms with Gasteiger partial charge in [-0.3, -0.25) is 9.59 Å². The minimum atomic E-state index is -1.09. The lowest BCUT2D eigenvalue weighted by Crippen LogP contribution is -2.36. The molecular weight excluding hydrogens is 558 g/mol. The van der Waals surface area contributed by atoms with Gasteiger partial charge in [-0.1, -0.05) is 30.3 Å². The first-order valence-electron chi connectivity index (χ1n) is 13.0. The first kappa shape index (κ1) is 28.7. The lowest BCUT2D eigenvalue weighted by atomic mass is 9.95. The van der Waals surface area contributed by atoms with Gasteiger partial charge in [0.15, 0.2) is 0 Å². The Hall–Kier alpha value is -5.84. The molecule has 0 heterocycles. The summed E-state index contributed by atoms with van der Waals surface area (Å²) in [4.78, 5) is 51.6. The van der Waals surface area contributed by atoms with E-state index in [1.807, 2.05) is 12.1 Å². The van der Waals surface area contributed by atoms with Crippen LogP contribution in [0.4, 0.5) is 0 Å². The summed E-state index contributed by atoms with van der Waals surface area (Å²) in [5.41, 5.74) is 0.103. The average molecular weight is 584 g/mol. The van der Waals surface area contributed by atoms with E-state index in [-0.39, 0.29) is 28.9 Å². The van der Waals surface area contributed by atoms with Crippen LogP contribution < -0.4 is 5.32 Å². The summed E-state index contributed by atoms with van der Waals surface area (Å²) in [5, 5.41) is 44.1. The number of aromatic hydroxyl groups is 4. The Morgan fingerprint density at radius 1 is 0.744 bits per heavy atom. The van der Waals surface area contributed by atoms with E-state index in [0.717, 1.165) is 36.4 Å². The molecule has 11 heteroatoms. The number of ketones is 1. The molecule has 0 aliphatic heterocycles. The van der Waals surface area contributed by atoms with Gasteiger partial charge in [0.05, 0.1) is 29.8 Å². The van der Waals surface area contributed by atoms with Gasteiger partial charge in [-0.15, -0.1) is 0 Å². The number of amides is 1. The number of nitrogens with one attached hydrogen (secondary N) is 1. The smallest absolute Gasteiger partial charge is 0.338 e. The minimum Gasteiger partial charge on any atom is -0.508 e. The molecule has 1 aliphatic rings. The zero-order chi connectivity index (χ0) is 30.8. The van der Waals surface area contributed by atoms with Gasteiger partial charge in [0, 0.05) is 12.0 Å². The quantitative estimate of drug-likeness (QED) is 0.159. The Labute approximate surface area is 244 Å². The van der Waals surface area contributed by atoms with E-state index in [1.165, 1.54) is 36.4 Å². The number of hydrogen-bond acceptors (Lipinski definition) is 10. The molecule has 0 saturated carbocycles. The van der Waals surface area contributed by atoms with Crippen LogP contribution >= 0.6 is 0 Å². The van der Waals surface area contributed by atoms with Crippen molar-refractivity contribution in [3.8, 4) is 23.0 Å². The van der Waals surface area contributed by atoms with Crippen LogP contribution in [0.2, 0.25) is 0 Å². The molecule has 5 N–H and O–H groups in total. The van der Waals surface area contributed by atoms with Crippen molar-refractivity contribution >= 4 is 23.6 Å². The highest BCUT2D eigenvalue weighted by Crippen LogP contribution is 2.37. The van der Waals surface area contributed by atoms with E-state index in [4.69, 9.17) is 4.74 Å². The molecule has 5 rings (SSSR count). The number of fused-ring (bicyclic) bond motifs is 1.